The van der Waals surface area contributed by atoms with Crippen LogP contribution in [0.3, 0.4) is 0 Å². The van der Waals surface area contributed by atoms with Gasteiger partial charge in [0.15, 0.2) is 17.1 Å². The molecule has 0 unspecified atom stereocenters. The Balaban J connectivity index is 3.10. The van der Waals surface area contributed by atoms with Crippen LogP contribution in [0.2, 0.25) is 5.02 Å². The monoisotopic (exact) mass is 297 g/mol. The highest BCUT2D eigenvalue weighted by Crippen LogP contribution is 2.36. The Morgan fingerprint density at radius 2 is 1.79 bits per heavy atom. The van der Waals surface area contributed by atoms with Crippen LogP contribution < -0.4 is 15.2 Å². The quantitative estimate of drug-likeness (QED) is 0.929. The maximum Gasteiger partial charge on any atom is 0.573 e. The molecule has 1 aromatic rings. The fourth-order valence-electron chi connectivity index (χ4n) is 1.10. The van der Waals surface area contributed by atoms with Crippen LogP contribution in [0, 0.1) is 0 Å². The second-order valence-corrected chi connectivity index (χ2v) is 4.55. The van der Waals surface area contributed by atoms with Crippen molar-refractivity contribution < 1.29 is 27.4 Å². The lowest BCUT2D eigenvalue weighted by Crippen LogP contribution is -2.43. The molecule has 0 atom stereocenters. The minimum atomic E-state index is -4.90. The smallest absolute Gasteiger partial charge is 0.474 e. The highest BCUT2D eigenvalue weighted by molar-refractivity contribution is 6.30. The topological polar surface area (TPSA) is 61.6 Å². The molecule has 1 rings (SSSR count). The molecule has 4 nitrogen and oxygen atoms in total. The Morgan fingerprint density at radius 3 is 2.26 bits per heavy atom. The minimum absolute atomic E-state index is 0.0310. The second-order valence-electron chi connectivity index (χ2n) is 4.12. The Kier molecular flexibility index (Phi) is 4.19. The predicted molar refractivity (Wildman–Crippen MR) is 62.0 cm³/mol. The number of benzene rings is 1. The third-order valence-corrected chi connectivity index (χ3v) is 2.33. The summed E-state index contributed by atoms with van der Waals surface area (Å²) in [5, 5.41) is 0.0310. The summed E-state index contributed by atoms with van der Waals surface area (Å²) in [5.74, 6) is -1.76. The molecule has 106 valence electrons. The van der Waals surface area contributed by atoms with Crippen molar-refractivity contribution in [1.82, 2.24) is 0 Å². The van der Waals surface area contributed by atoms with E-state index in [0.29, 0.717) is 0 Å². The molecule has 0 spiro atoms. The number of carbonyl (C=O) groups is 1. The van der Waals surface area contributed by atoms with E-state index in [1.165, 1.54) is 19.9 Å². The molecule has 0 saturated heterocycles. The van der Waals surface area contributed by atoms with Gasteiger partial charge < -0.3 is 15.2 Å². The molecule has 0 fully saturated rings. The zero-order valence-electron chi connectivity index (χ0n) is 10.0. The molecule has 2 N–H and O–H groups in total. The fraction of sp³-hybridized carbons (Fsp3) is 0.364. The van der Waals surface area contributed by atoms with Gasteiger partial charge in [-0.1, -0.05) is 11.6 Å². The predicted octanol–water partition coefficient (Wildman–Crippen LogP) is 2.88. The number of alkyl halides is 3. The third-order valence-electron chi connectivity index (χ3n) is 2.09. The van der Waals surface area contributed by atoms with E-state index in [-0.39, 0.29) is 10.8 Å². The minimum Gasteiger partial charge on any atom is -0.474 e. The molecule has 0 aliphatic heterocycles. The molecule has 0 aromatic heterocycles. The van der Waals surface area contributed by atoms with Gasteiger partial charge in [-0.15, -0.1) is 13.2 Å². The van der Waals surface area contributed by atoms with Crippen molar-refractivity contribution in [3.8, 4) is 11.5 Å². The van der Waals surface area contributed by atoms with Crippen LogP contribution in [-0.2, 0) is 4.79 Å². The van der Waals surface area contributed by atoms with Crippen LogP contribution in [0.4, 0.5) is 13.2 Å². The van der Waals surface area contributed by atoms with Crippen molar-refractivity contribution in [1.29, 1.82) is 0 Å². The number of hydrogen-bond donors (Lipinski definition) is 1. The first-order valence-corrected chi connectivity index (χ1v) is 5.43. The van der Waals surface area contributed by atoms with Gasteiger partial charge in [-0.05, 0) is 26.0 Å². The first-order chi connectivity index (χ1) is 8.51. The molecule has 0 radical (unpaired) electrons. The molecule has 19 heavy (non-hydrogen) atoms. The summed E-state index contributed by atoms with van der Waals surface area (Å²) in [4.78, 5) is 11.1. The van der Waals surface area contributed by atoms with Gasteiger partial charge in [-0.3, -0.25) is 4.79 Å². The lowest BCUT2D eigenvalue weighted by molar-refractivity contribution is -0.275. The van der Waals surface area contributed by atoms with Gasteiger partial charge in [0.25, 0.3) is 5.91 Å². The largest absolute Gasteiger partial charge is 0.573 e. The molecular formula is C11H11ClF3NO3. The van der Waals surface area contributed by atoms with Crippen molar-refractivity contribution in [2.24, 2.45) is 5.73 Å². The summed E-state index contributed by atoms with van der Waals surface area (Å²) in [6.45, 7) is 2.64. The number of primary amides is 1. The Hall–Kier alpha value is -1.63. The number of ether oxygens (including phenoxy) is 2. The van der Waals surface area contributed by atoms with Crippen molar-refractivity contribution in [2.75, 3.05) is 0 Å². The number of carbonyl (C=O) groups excluding carboxylic acids is 1. The summed E-state index contributed by atoms with van der Waals surface area (Å²) >= 11 is 5.58. The summed E-state index contributed by atoms with van der Waals surface area (Å²) in [7, 11) is 0. The van der Waals surface area contributed by atoms with E-state index in [9.17, 15) is 18.0 Å². The van der Waals surface area contributed by atoms with Crippen molar-refractivity contribution in [3.05, 3.63) is 23.2 Å². The molecular weight excluding hydrogens is 287 g/mol. The molecule has 0 aliphatic carbocycles. The van der Waals surface area contributed by atoms with E-state index < -0.39 is 23.6 Å². The normalized spacial score (nSPS) is 12.1. The van der Waals surface area contributed by atoms with Gasteiger partial charge in [-0.25, -0.2) is 0 Å². The maximum absolute atomic E-state index is 12.2. The molecule has 1 aromatic carbocycles. The number of hydrogen-bond acceptors (Lipinski definition) is 3. The van der Waals surface area contributed by atoms with E-state index in [2.05, 4.69) is 4.74 Å². The van der Waals surface area contributed by atoms with Gasteiger partial charge >= 0.3 is 6.36 Å². The molecule has 0 aliphatic rings. The number of amides is 1. The Morgan fingerprint density at radius 1 is 1.21 bits per heavy atom. The Bertz CT molecular complexity index is 489. The van der Waals surface area contributed by atoms with E-state index in [4.69, 9.17) is 22.1 Å². The summed E-state index contributed by atoms with van der Waals surface area (Å²) in [5.41, 5.74) is 3.58. The fourth-order valence-corrected chi connectivity index (χ4v) is 1.26. The Labute approximate surface area is 112 Å². The molecule has 1 amide bonds. The molecule has 8 heteroatoms. The zero-order chi connectivity index (χ0) is 14.8. The summed E-state index contributed by atoms with van der Waals surface area (Å²) < 4.78 is 45.6. The highest BCUT2D eigenvalue weighted by atomic mass is 35.5. The molecule has 0 bridgehead atoms. The van der Waals surface area contributed by atoms with Gasteiger partial charge in [0.1, 0.15) is 0 Å². The number of nitrogens with two attached hydrogens (primary N) is 1. The molecule has 0 heterocycles. The standard InChI is InChI=1S/C11H11ClF3NO3/c1-10(2,9(16)17)18-7-4-3-6(12)5-8(7)19-11(13,14)15/h3-5H,1-2H3,(H2,16,17). The van der Waals surface area contributed by atoms with E-state index >= 15 is 0 Å². The molecule has 0 saturated carbocycles. The lowest BCUT2D eigenvalue weighted by Gasteiger charge is -2.24. The van der Waals surface area contributed by atoms with Crippen LogP contribution in [0.15, 0.2) is 18.2 Å². The average molecular weight is 298 g/mol. The van der Waals surface area contributed by atoms with Gasteiger partial charge in [0.05, 0.1) is 0 Å². The maximum atomic E-state index is 12.2. The first kappa shape index (κ1) is 15.4. The average Bonchev–Trinajstić information content (AvgIpc) is 2.19. The van der Waals surface area contributed by atoms with Crippen molar-refractivity contribution in [2.45, 2.75) is 25.8 Å². The van der Waals surface area contributed by atoms with Crippen LogP contribution in [0.25, 0.3) is 0 Å². The van der Waals surface area contributed by atoms with Crippen LogP contribution in [0.5, 0.6) is 11.5 Å². The van der Waals surface area contributed by atoms with E-state index in [1.807, 2.05) is 0 Å². The summed E-state index contributed by atoms with van der Waals surface area (Å²) in [6, 6.07) is 3.40. The SMILES string of the molecule is CC(C)(Oc1ccc(Cl)cc1OC(F)(F)F)C(N)=O. The van der Waals surface area contributed by atoms with Gasteiger partial charge in [-0.2, -0.15) is 0 Å². The number of rotatable bonds is 4. The van der Waals surface area contributed by atoms with Crippen LogP contribution >= 0.6 is 11.6 Å². The zero-order valence-corrected chi connectivity index (χ0v) is 10.8. The van der Waals surface area contributed by atoms with Crippen LogP contribution in [-0.4, -0.2) is 17.9 Å². The van der Waals surface area contributed by atoms with E-state index in [1.54, 1.807) is 0 Å². The summed E-state index contributed by atoms with van der Waals surface area (Å²) in [6.07, 6.45) is -4.90. The van der Waals surface area contributed by atoms with Gasteiger partial charge in [0.2, 0.25) is 0 Å². The van der Waals surface area contributed by atoms with Crippen molar-refractivity contribution in [3.63, 3.8) is 0 Å². The van der Waals surface area contributed by atoms with Crippen molar-refractivity contribution >= 4 is 17.5 Å². The number of halogens is 4. The van der Waals surface area contributed by atoms with E-state index in [0.717, 1.165) is 12.1 Å². The van der Waals surface area contributed by atoms with Crippen LogP contribution in [0.1, 0.15) is 13.8 Å². The first-order valence-electron chi connectivity index (χ1n) is 5.05. The highest BCUT2D eigenvalue weighted by Gasteiger charge is 2.34. The third kappa shape index (κ3) is 4.51. The van der Waals surface area contributed by atoms with Gasteiger partial charge in [0, 0.05) is 11.1 Å². The lowest BCUT2D eigenvalue weighted by atomic mass is 10.1. The second kappa shape index (κ2) is 5.16.